The van der Waals surface area contributed by atoms with E-state index in [-0.39, 0.29) is 6.61 Å². The molecule has 0 atom stereocenters. The van der Waals surface area contributed by atoms with Crippen molar-refractivity contribution in [3.63, 3.8) is 0 Å². The van der Waals surface area contributed by atoms with Gasteiger partial charge in [0.15, 0.2) is 13.2 Å². The van der Waals surface area contributed by atoms with Gasteiger partial charge in [0.1, 0.15) is 11.5 Å². The van der Waals surface area contributed by atoms with Gasteiger partial charge in [0.2, 0.25) is 0 Å². The molecule has 0 fully saturated rings. The fraction of sp³-hybridized carbons (Fsp3) is 0.176. The molecule has 25 heavy (non-hydrogen) atoms. The maximum Gasteiger partial charge on any atom is 0.344 e. The largest absolute Gasteiger partial charge is 0.495 e. The summed E-state index contributed by atoms with van der Waals surface area (Å²) in [7, 11) is 1.50. The molecule has 0 aliphatic rings. The Morgan fingerprint density at radius 3 is 2.48 bits per heavy atom. The topological polar surface area (TPSA) is 73.9 Å². The van der Waals surface area contributed by atoms with Crippen LogP contribution in [0.5, 0.6) is 11.5 Å². The maximum atomic E-state index is 11.8. The zero-order valence-corrected chi connectivity index (χ0v) is 16.2. The van der Waals surface area contributed by atoms with E-state index >= 15 is 0 Å². The van der Waals surface area contributed by atoms with Gasteiger partial charge >= 0.3 is 5.97 Å². The lowest BCUT2D eigenvalue weighted by molar-refractivity contribution is -0.149. The van der Waals surface area contributed by atoms with Crippen LogP contribution >= 0.6 is 34.2 Å². The van der Waals surface area contributed by atoms with Gasteiger partial charge in [-0.1, -0.05) is 11.6 Å². The first kappa shape index (κ1) is 19.3. The normalized spacial score (nSPS) is 10.0. The molecule has 1 amide bonds. The molecule has 0 unspecified atom stereocenters. The van der Waals surface area contributed by atoms with Gasteiger partial charge in [0.05, 0.1) is 12.1 Å². The molecule has 6 nitrogen and oxygen atoms in total. The number of hydrogen-bond acceptors (Lipinski definition) is 5. The van der Waals surface area contributed by atoms with Crippen molar-refractivity contribution < 1.29 is 23.8 Å². The molecule has 2 aromatic rings. The fourth-order valence-corrected chi connectivity index (χ4v) is 2.42. The number of hydrogen-bond donors (Lipinski definition) is 1. The molecule has 0 radical (unpaired) electrons. The van der Waals surface area contributed by atoms with E-state index in [4.69, 9.17) is 25.8 Å². The number of carbonyl (C=O) groups is 2. The zero-order chi connectivity index (χ0) is 18.2. The first-order valence-corrected chi connectivity index (χ1v) is 8.61. The Morgan fingerprint density at radius 2 is 1.84 bits per heavy atom. The third-order valence-electron chi connectivity index (χ3n) is 2.97. The van der Waals surface area contributed by atoms with Crippen LogP contribution in [0.4, 0.5) is 5.69 Å². The van der Waals surface area contributed by atoms with E-state index in [1.54, 1.807) is 30.3 Å². The zero-order valence-electron chi connectivity index (χ0n) is 13.3. The van der Waals surface area contributed by atoms with Crippen molar-refractivity contribution in [3.05, 3.63) is 51.1 Å². The van der Waals surface area contributed by atoms with Crippen molar-refractivity contribution in [2.75, 3.05) is 25.6 Å². The SMILES string of the molecule is COc1ccc(NC(=O)COC(=O)COc2ccc(I)cc2)cc1Cl. The Morgan fingerprint density at radius 1 is 1.12 bits per heavy atom. The van der Waals surface area contributed by atoms with Crippen LogP contribution in [0.3, 0.4) is 0 Å². The van der Waals surface area contributed by atoms with Crippen LogP contribution in [-0.2, 0) is 14.3 Å². The van der Waals surface area contributed by atoms with Gasteiger partial charge in [-0.15, -0.1) is 0 Å². The van der Waals surface area contributed by atoms with E-state index in [1.165, 1.54) is 7.11 Å². The fourth-order valence-electron chi connectivity index (χ4n) is 1.80. The molecule has 8 heteroatoms. The molecule has 0 heterocycles. The molecule has 0 aliphatic heterocycles. The number of carbonyl (C=O) groups excluding carboxylic acids is 2. The predicted molar refractivity (Wildman–Crippen MR) is 102 cm³/mol. The number of benzene rings is 2. The number of halogens is 2. The van der Waals surface area contributed by atoms with Crippen LogP contribution in [-0.4, -0.2) is 32.2 Å². The smallest absolute Gasteiger partial charge is 0.344 e. The van der Waals surface area contributed by atoms with Gasteiger partial charge in [0.25, 0.3) is 5.91 Å². The van der Waals surface area contributed by atoms with Crippen LogP contribution < -0.4 is 14.8 Å². The van der Waals surface area contributed by atoms with Crippen molar-refractivity contribution in [2.45, 2.75) is 0 Å². The summed E-state index contributed by atoms with van der Waals surface area (Å²) in [5, 5.41) is 2.94. The van der Waals surface area contributed by atoms with Gasteiger partial charge in [0, 0.05) is 9.26 Å². The molecule has 1 N–H and O–H groups in total. The standard InChI is InChI=1S/C17H15ClINO5/c1-23-15-7-4-12(8-14(15)18)20-16(21)9-25-17(22)10-24-13-5-2-11(19)3-6-13/h2-8H,9-10H2,1H3,(H,20,21). The number of esters is 1. The van der Waals surface area contributed by atoms with Gasteiger partial charge in [-0.2, -0.15) is 0 Å². The molecule has 0 aromatic heterocycles. The minimum atomic E-state index is -0.638. The Labute approximate surface area is 163 Å². The molecule has 132 valence electrons. The molecule has 0 saturated carbocycles. The predicted octanol–water partition coefficient (Wildman–Crippen LogP) is 3.51. The Bertz CT molecular complexity index is 751. The first-order valence-electron chi connectivity index (χ1n) is 7.15. The van der Waals surface area contributed by atoms with E-state index in [2.05, 4.69) is 27.9 Å². The molecular weight excluding hydrogens is 461 g/mol. The summed E-state index contributed by atoms with van der Waals surface area (Å²) in [4.78, 5) is 23.4. The van der Waals surface area contributed by atoms with E-state index in [1.807, 2.05) is 12.1 Å². The third kappa shape index (κ3) is 6.43. The second-order valence-corrected chi connectivity index (χ2v) is 6.45. The monoisotopic (exact) mass is 475 g/mol. The van der Waals surface area contributed by atoms with Crippen molar-refractivity contribution in [3.8, 4) is 11.5 Å². The summed E-state index contributed by atoms with van der Waals surface area (Å²) < 4.78 is 16.2. The van der Waals surface area contributed by atoms with Crippen molar-refractivity contribution >= 4 is 51.8 Å². The summed E-state index contributed by atoms with van der Waals surface area (Å²) in [5.41, 5.74) is 0.474. The summed E-state index contributed by atoms with van der Waals surface area (Å²) in [6.07, 6.45) is 0. The molecular formula is C17H15ClINO5. The number of nitrogens with one attached hydrogen (secondary N) is 1. The quantitative estimate of drug-likeness (QED) is 0.490. The number of ether oxygens (including phenoxy) is 3. The van der Waals surface area contributed by atoms with Crippen LogP contribution in [0.15, 0.2) is 42.5 Å². The minimum absolute atomic E-state index is 0.276. The highest BCUT2D eigenvalue weighted by Crippen LogP contribution is 2.27. The van der Waals surface area contributed by atoms with Crippen LogP contribution in [0.1, 0.15) is 0 Å². The van der Waals surface area contributed by atoms with Crippen molar-refractivity contribution in [1.29, 1.82) is 0 Å². The van der Waals surface area contributed by atoms with E-state index in [0.29, 0.717) is 22.2 Å². The summed E-state index contributed by atoms with van der Waals surface area (Å²) in [6, 6.07) is 12.0. The maximum absolute atomic E-state index is 11.8. The highest BCUT2D eigenvalue weighted by atomic mass is 127. The van der Waals surface area contributed by atoms with Gasteiger partial charge < -0.3 is 19.5 Å². The summed E-state index contributed by atoms with van der Waals surface area (Å²) >= 11 is 8.14. The lowest BCUT2D eigenvalue weighted by Gasteiger charge is -2.09. The van der Waals surface area contributed by atoms with E-state index in [9.17, 15) is 9.59 Å². The highest BCUT2D eigenvalue weighted by molar-refractivity contribution is 14.1. The molecule has 2 rings (SSSR count). The van der Waals surface area contributed by atoms with Crippen LogP contribution in [0.25, 0.3) is 0 Å². The molecule has 2 aromatic carbocycles. The molecule has 0 spiro atoms. The van der Waals surface area contributed by atoms with E-state index < -0.39 is 18.5 Å². The van der Waals surface area contributed by atoms with Crippen LogP contribution in [0, 0.1) is 3.57 Å². The Hall–Kier alpha value is -2.00. The second kappa shape index (κ2) is 9.47. The lowest BCUT2D eigenvalue weighted by Crippen LogP contribution is -2.23. The van der Waals surface area contributed by atoms with Crippen LogP contribution in [0.2, 0.25) is 5.02 Å². The lowest BCUT2D eigenvalue weighted by atomic mass is 10.3. The highest BCUT2D eigenvalue weighted by Gasteiger charge is 2.10. The number of rotatable bonds is 7. The first-order chi connectivity index (χ1) is 12.0. The number of amides is 1. The minimum Gasteiger partial charge on any atom is -0.495 e. The summed E-state index contributed by atoms with van der Waals surface area (Å²) in [6.45, 7) is -0.694. The van der Waals surface area contributed by atoms with Crippen molar-refractivity contribution in [2.24, 2.45) is 0 Å². The Balaban J connectivity index is 1.74. The molecule has 0 bridgehead atoms. The molecule has 0 aliphatic carbocycles. The average molecular weight is 476 g/mol. The van der Waals surface area contributed by atoms with Crippen molar-refractivity contribution in [1.82, 2.24) is 0 Å². The van der Waals surface area contributed by atoms with Gasteiger partial charge in [-0.05, 0) is 65.1 Å². The number of anilines is 1. The van der Waals surface area contributed by atoms with Gasteiger partial charge in [-0.3, -0.25) is 4.79 Å². The Kier molecular flexibility index (Phi) is 7.32. The van der Waals surface area contributed by atoms with Gasteiger partial charge in [-0.25, -0.2) is 4.79 Å². The van der Waals surface area contributed by atoms with E-state index in [0.717, 1.165) is 3.57 Å². The second-order valence-electron chi connectivity index (χ2n) is 4.80. The number of methoxy groups -OCH3 is 1. The average Bonchev–Trinajstić information content (AvgIpc) is 2.59. The summed E-state index contributed by atoms with van der Waals surface area (Å²) in [5.74, 6) is -0.0705. The third-order valence-corrected chi connectivity index (χ3v) is 3.98. The molecule has 0 saturated heterocycles.